The smallest absolute Gasteiger partial charge is 0.276 e. The van der Waals surface area contributed by atoms with Crippen LogP contribution >= 0.6 is 23.4 Å². The minimum atomic E-state index is -0.855. The molecule has 0 spiro atoms. The van der Waals surface area contributed by atoms with Crippen molar-refractivity contribution in [2.75, 3.05) is 5.75 Å². The first-order valence-corrected chi connectivity index (χ1v) is 9.39. The van der Waals surface area contributed by atoms with Crippen molar-refractivity contribution in [1.82, 2.24) is 10.3 Å². The summed E-state index contributed by atoms with van der Waals surface area (Å²) < 4.78 is 14.6. The van der Waals surface area contributed by atoms with Crippen LogP contribution in [-0.2, 0) is 4.79 Å². The number of benzene rings is 2. The maximum atomic E-state index is 14.6. The van der Waals surface area contributed by atoms with Crippen molar-refractivity contribution in [3.05, 3.63) is 69.4 Å². The third kappa shape index (κ3) is 2.77. The zero-order chi connectivity index (χ0) is 18.3. The first kappa shape index (κ1) is 17.1. The summed E-state index contributed by atoms with van der Waals surface area (Å²) in [5.41, 5.74) is 0.529. The molecule has 132 valence electrons. The van der Waals surface area contributed by atoms with Gasteiger partial charge in [-0.25, -0.2) is 9.40 Å². The average molecular weight is 389 g/mol. The Morgan fingerprint density at radius 2 is 2.08 bits per heavy atom. The fraction of sp³-hybridized carbons (Fsp3) is 0.167. The first-order valence-electron chi connectivity index (χ1n) is 8.03. The Balaban J connectivity index is 2.00. The van der Waals surface area contributed by atoms with Gasteiger partial charge in [-0.3, -0.25) is 15.1 Å². The van der Waals surface area contributed by atoms with Crippen molar-refractivity contribution in [1.29, 1.82) is 0 Å². The molecule has 0 aromatic heterocycles. The Morgan fingerprint density at radius 3 is 2.85 bits per heavy atom. The molecule has 2 aromatic rings. The van der Waals surface area contributed by atoms with E-state index in [1.165, 1.54) is 28.9 Å². The van der Waals surface area contributed by atoms with Gasteiger partial charge in [0.2, 0.25) is 0 Å². The summed E-state index contributed by atoms with van der Waals surface area (Å²) in [5.74, 6) is -0.0483. The van der Waals surface area contributed by atoms with Gasteiger partial charge >= 0.3 is 0 Å². The van der Waals surface area contributed by atoms with E-state index in [1.54, 1.807) is 18.2 Å². The molecule has 0 fully saturated rings. The summed E-state index contributed by atoms with van der Waals surface area (Å²) in [7, 11) is 0. The van der Waals surface area contributed by atoms with Crippen LogP contribution in [-0.4, -0.2) is 21.8 Å². The summed E-state index contributed by atoms with van der Waals surface area (Å²) >= 11 is 7.66. The van der Waals surface area contributed by atoms with Crippen LogP contribution in [0.25, 0.3) is 5.70 Å². The Bertz CT molecular complexity index is 1040. The van der Waals surface area contributed by atoms with Crippen LogP contribution in [0, 0.1) is 5.82 Å². The lowest BCUT2D eigenvalue weighted by Crippen LogP contribution is -2.50. The lowest BCUT2D eigenvalue weighted by molar-refractivity contribution is -0.116. The monoisotopic (exact) mass is 388 g/mol. The highest BCUT2D eigenvalue weighted by molar-refractivity contribution is 8.13. The minimum Gasteiger partial charge on any atom is -0.298 e. The highest BCUT2D eigenvalue weighted by Crippen LogP contribution is 2.35. The number of hydrogen-bond donors (Lipinski definition) is 1. The molecular weight excluding hydrogens is 375 g/mol. The van der Waals surface area contributed by atoms with Crippen LogP contribution in [0.2, 0.25) is 5.02 Å². The van der Waals surface area contributed by atoms with Gasteiger partial charge in [0.1, 0.15) is 11.5 Å². The summed E-state index contributed by atoms with van der Waals surface area (Å²) in [6.45, 7) is 1.96. The number of para-hydroxylation sites is 1. The number of nitrogens with one attached hydrogen (secondary N) is 1. The molecule has 1 atom stereocenters. The number of halogens is 2. The van der Waals surface area contributed by atoms with Gasteiger partial charge in [0.15, 0.2) is 11.3 Å². The van der Waals surface area contributed by atoms with Crippen molar-refractivity contribution in [3.63, 3.8) is 0 Å². The molecule has 0 saturated carbocycles. The van der Waals surface area contributed by atoms with Gasteiger partial charge in [0.05, 0.1) is 15.9 Å². The Kier molecular flexibility index (Phi) is 4.42. The lowest BCUT2D eigenvalue weighted by Gasteiger charge is -2.34. The van der Waals surface area contributed by atoms with Crippen molar-refractivity contribution in [2.45, 2.75) is 13.1 Å². The maximum Gasteiger partial charge on any atom is 0.276 e. The average Bonchev–Trinajstić information content (AvgIpc) is 2.61. The van der Waals surface area contributed by atoms with E-state index in [0.29, 0.717) is 21.4 Å². The van der Waals surface area contributed by atoms with Gasteiger partial charge in [-0.2, -0.15) is 0 Å². The molecule has 5 nitrogen and oxygen atoms in total. The van der Waals surface area contributed by atoms with E-state index in [9.17, 15) is 9.18 Å². The minimum absolute atomic E-state index is 0.195. The van der Waals surface area contributed by atoms with Gasteiger partial charge in [0, 0.05) is 5.22 Å². The van der Waals surface area contributed by atoms with E-state index < -0.39 is 12.0 Å². The maximum absolute atomic E-state index is 14.6. The van der Waals surface area contributed by atoms with Crippen LogP contribution in [0.15, 0.2) is 52.6 Å². The van der Waals surface area contributed by atoms with Gasteiger partial charge in [-0.05, 0) is 24.0 Å². The Labute approximate surface area is 158 Å². The number of nitrogens with zero attached hydrogens (tertiary/aromatic N) is 3. The normalized spacial score (nSPS) is 18.5. The molecule has 2 aromatic carbocycles. The van der Waals surface area contributed by atoms with E-state index in [1.807, 2.05) is 19.1 Å². The number of fused-ring (bicyclic) bond motifs is 2. The third-order valence-corrected chi connectivity index (χ3v) is 5.13. The molecule has 26 heavy (non-hydrogen) atoms. The zero-order valence-corrected chi connectivity index (χ0v) is 15.3. The first-order chi connectivity index (χ1) is 12.6. The molecular formula is C18H14ClFN4OS. The quantitative estimate of drug-likeness (QED) is 0.859. The van der Waals surface area contributed by atoms with E-state index in [-0.39, 0.29) is 16.5 Å². The van der Waals surface area contributed by atoms with Gasteiger partial charge < -0.3 is 0 Å². The number of carbonyl (C=O) groups excluding carboxylic acids is 1. The lowest BCUT2D eigenvalue weighted by atomic mass is 10.1. The van der Waals surface area contributed by atoms with Crippen molar-refractivity contribution >= 4 is 40.1 Å². The zero-order valence-electron chi connectivity index (χ0n) is 13.7. The summed E-state index contributed by atoms with van der Waals surface area (Å²) in [4.78, 5) is 17.4. The Morgan fingerprint density at radius 1 is 1.27 bits per heavy atom. The van der Waals surface area contributed by atoms with Crippen LogP contribution < -0.4 is 15.9 Å². The fourth-order valence-electron chi connectivity index (χ4n) is 2.97. The van der Waals surface area contributed by atoms with E-state index in [2.05, 4.69) is 15.4 Å². The third-order valence-electron chi connectivity index (χ3n) is 4.05. The van der Waals surface area contributed by atoms with Crippen molar-refractivity contribution in [2.24, 2.45) is 10.1 Å². The van der Waals surface area contributed by atoms with Crippen molar-refractivity contribution < 1.29 is 9.18 Å². The fourth-order valence-corrected chi connectivity index (χ4v) is 3.82. The summed E-state index contributed by atoms with van der Waals surface area (Å²) in [6, 6.07) is 11.7. The number of thioether (sulfide) groups is 1. The Hall–Kier alpha value is -2.38. The highest BCUT2D eigenvalue weighted by atomic mass is 35.5. The predicted molar refractivity (Wildman–Crippen MR) is 100 cm³/mol. The number of hydrazone groups is 1. The van der Waals surface area contributed by atoms with E-state index in [4.69, 9.17) is 11.6 Å². The number of rotatable bonds is 2. The van der Waals surface area contributed by atoms with E-state index >= 15 is 0 Å². The second-order valence-corrected chi connectivity index (χ2v) is 7.30. The van der Waals surface area contributed by atoms with Crippen LogP contribution in [0.1, 0.15) is 18.7 Å². The molecule has 2 heterocycles. The molecule has 8 heteroatoms. The SMILES string of the molecule is CCSC1=NN2C(=c3ccccc3=NC2c2c(F)cccc2Cl)C(=O)N1. The highest BCUT2D eigenvalue weighted by Gasteiger charge is 2.36. The van der Waals surface area contributed by atoms with Gasteiger partial charge in [-0.1, -0.05) is 54.6 Å². The topological polar surface area (TPSA) is 57.1 Å². The summed E-state index contributed by atoms with van der Waals surface area (Å²) in [6.07, 6.45) is -0.855. The number of amides is 1. The molecule has 0 saturated heterocycles. The van der Waals surface area contributed by atoms with Crippen LogP contribution in [0.3, 0.4) is 0 Å². The van der Waals surface area contributed by atoms with Crippen LogP contribution in [0.4, 0.5) is 4.39 Å². The number of hydrogen-bond acceptors (Lipinski definition) is 5. The largest absolute Gasteiger partial charge is 0.298 e. The molecule has 1 amide bonds. The molecule has 4 rings (SSSR count). The second-order valence-electron chi connectivity index (χ2n) is 5.64. The van der Waals surface area contributed by atoms with Gasteiger partial charge in [0.25, 0.3) is 5.91 Å². The molecule has 0 radical (unpaired) electrons. The second kappa shape index (κ2) is 6.74. The molecule has 1 unspecified atom stereocenters. The molecule has 1 N–H and O–H groups in total. The molecule has 0 bridgehead atoms. The molecule has 0 aliphatic carbocycles. The van der Waals surface area contributed by atoms with Gasteiger partial charge in [-0.15, -0.1) is 5.10 Å². The molecule has 2 aliphatic heterocycles. The molecule has 2 aliphatic rings. The number of amidine groups is 1. The predicted octanol–water partition coefficient (Wildman–Crippen LogP) is 2.38. The standard InChI is InChI=1S/C18H14ClFN4OS/c1-2-26-18-22-17(25)15-10-6-3-4-9-13(10)21-16(24(15)23-18)14-11(19)7-5-8-12(14)20/h3-9,16H,2H2,1H3,(H,22,23,25). The summed E-state index contributed by atoms with van der Waals surface area (Å²) in [5, 5.41) is 10.7. The number of carbonyl (C=O) groups is 1. The van der Waals surface area contributed by atoms with Crippen LogP contribution in [0.5, 0.6) is 0 Å². The van der Waals surface area contributed by atoms with Crippen molar-refractivity contribution in [3.8, 4) is 0 Å². The van der Waals surface area contributed by atoms with E-state index in [0.717, 1.165) is 5.75 Å².